The minimum Gasteiger partial charge on any atom is -0.480 e. The molecule has 1 aromatic carbocycles. The molecule has 19 heavy (non-hydrogen) atoms. The van der Waals surface area contributed by atoms with E-state index in [2.05, 4.69) is 9.97 Å². The molecule has 0 unspecified atom stereocenters. The molecular formula is C13H7FN2O3. The summed E-state index contributed by atoms with van der Waals surface area (Å²) in [6, 6.07) is 3.58. The molecule has 0 amide bonds. The number of hydrogen-bond donors (Lipinski definition) is 0. The average Bonchev–Trinajstić information content (AvgIpc) is 2.43. The Bertz CT molecular complexity index is 728. The number of fused-ring (bicyclic) bond motifs is 3. The topological polar surface area (TPSA) is 69.2 Å². The maximum Gasteiger partial charge on any atom is 0.252 e. The fraction of sp³-hybridized carbons (Fsp3) is 0.0769. The summed E-state index contributed by atoms with van der Waals surface area (Å²) >= 11 is 0. The van der Waals surface area contributed by atoms with Crippen LogP contribution < -0.4 is 4.74 Å². The lowest BCUT2D eigenvalue weighted by Crippen LogP contribution is -2.23. The molecule has 6 heteroatoms. The molecule has 1 aromatic heterocycles. The van der Waals surface area contributed by atoms with Crippen LogP contribution in [0.4, 0.5) is 4.39 Å². The summed E-state index contributed by atoms with van der Waals surface area (Å²) in [7, 11) is 1.38. The summed E-state index contributed by atoms with van der Waals surface area (Å²) < 4.78 is 18.4. The van der Waals surface area contributed by atoms with Crippen LogP contribution in [0.5, 0.6) is 5.88 Å². The molecule has 1 heterocycles. The van der Waals surface area contributed by atoms with Gasteiger partial charge in [0.05, 0.1) is 12.7 Å². The summed E-state index contributed by atoms with van der Waals surface area (Å²) in [6.45, 7) is 0. The molecule has 0 atom stereocenters. The number of hydrogen-bond acceptors (Lipinski definition) is 5. The third-order valence-corrected chi connectivity index (χ3v) is 2.92. The van der Waals surface area contributed by atoms with Gasteiger partial charge in [0.1, 0.15) is 17.8 Å². The largest absolute Gasteiger partial charge is 0.480 e. The molecule has 2 aromatic rings. The first-order chi connectivity index (χ1) is 9.13. The van der Waals surface area contributed by atoms with Gasteiger partial charge in [-0.05, 0) is 18.2 Å². The number of Topliss-reactive ketones (excluding diaryl/α,β-unsaturated/α-hetero) is 2. The second kappa shape index (κ2) is 3.94. The van der Waals surface area contributed by atoms with E-state index < -0.39 is 17.4 Å². The van der Waals surface area contributed by atoms with Gasteiger partial charge in [0.2, 0.25) is 11.7 Å². The Morgan fingerprint density at radius 1 is 1.11 bits per heavy atom. The number of methoxy groups -OCH3 is 1. The van der Waals surface area contributed by atoms with Gasteiger partial charge in [0, 0.05) is 11.1 Å². The Labute approximate surface area is 107 Å². The van der Waals surface area contributed by atoms with Crippen molar-refractivity contribution in [2.24, 2.45) is 0 Å². The third kappa shape index (κ3) is 1.53. The van der Waals surface area contributed by atoms with Crippen molar-refractivity contribution >= 4 is 11.6 Å². The van der Waals surface area contributed by atoms with Gasteiger partial charge >= 0.3 is 0 Å². The first-order valence-electron chi connectivity index (χ1n) is 5.41. The van der Waals surface area contributed by atoms with E-state index >= 15 is 0 Å². The van der Waals surface area contributed by atoms with Gasteiger partial charge in [0.25, 0.3) is 5.78 Å². The van der Waals surface area contributed by atoms with E-state index in [-0.39, 0.29) is 28.3 Å². The predicted molar refractivity (Wildman–Crippen MR) is 62.6 cm³/mol. The van der Waals surface area contributed by atoms with E-state index in [4.69, 9.17) is 4.74 Å². The lowest BCUT2D eigenvalue weighted by Gasteiger charge is -2.18. The predicted octanol–water partition coefficient (Wildman–Crippen LogP) is 1.67. The van der Waals surface area contributed by atoms with E-state index in [0.717, 1.165) is 12.4 Å². The van der Waals surface area contributed by atoms with Gasteiger partial charge in [-0.3, -0.25) is 9.59 Å². The van der Waals surface area contributed by atoms with Crippen LogP contribution in [0.1, 0.15) is 20.8 Å². The highest BCUT2D eigenvalue weighted by Gasteiger charge is 2.34. The zero-order chi connectivity index (χ0) is 13.6. The molecule has 0 radical (unpaired) electrons. The van der Waals surface area contributed by atoms with Crippen LogP contribution in [-0.2, 0) is 0 Å². The molecule has 0 saturated carbocycles. The van der Waals surface area contributed by atoms with Crippen molar-refractivity contribution in [2.75, 3.05) is 7.11 Å². The van der Waals surface area contributed by atoms with Crippen LogP contribution in [-0.4, -0.2) is 28.6 Å². The molecule has 0 saturated heterocycles. The lowest BCUT2D eigenvalue weighted by atomic mass is 9.87. The zero-order valence-corrected chi connectivity index (χ0v) is 9.81. The number of benzene rings is 1. The third-order valence-electron chi connectivity index (χ3n) is 2.92. The van der Waals surface area contributed by atoms with E-state index in [1.807, 2.05) is 0 Å². The first kappa shape index (κ1) is 11.5. The van der Waals surface area contributed by atoms with E-state index in [0.29, 0.717) is 0 Å². The first-order valence-corrected chi connectivity index (χ1v) is 5.41. The Morgan fingerprint density at radius 3 is 2.63 bits per heavy atom. The highest BCUT2D eigenvalue weighted by Crippen LogP contribution is 2.37. The van der Waals surface area contributed by atoms with Crippen molar-refractivity contribution in [2.45, 2.75) is 0 Å². The maximum atomic E-state index is 13.4. The highest BCUT2D eigenvalue weighted by molar-refractivity contribution is 6.52. The molecule has 5 nitrogen and oxygen atoms in total. The molecule has 0 fully saturated rings. The molecule has 1 aliphatic carbocycles. The van der Waals surface area contributed by atoms with Gasteiger partial charge in [-0.25, -0.2) is 14.4 Å². The molecular weight excluding hydrogens is 251 g/mol. The summed E-state index contributed by atoms with van der Waals surface area (Å²) in [5, 5.41) is 0. The molecule has 3 rings (SSSR count). The van der Waals surface area contributed by atoms with E-state index in [9.17, 15) is 14.0 Å². The number of ether oxygens (including phenoxy) is 1. The smallest absolute Gasteiger partial charge is 0.252 e. The maximum absolute atomic E-state index is 13.4. The average molecular weight is 258 g/mol. The van der Waals surface area contributed by atoms with Gasteiger partial charge in [-0.1, -0.05) is 0 Å². The summed E-state index contributed by atoms with van der Waals surface area (Å²) in [4.78, 5) is 31.5. The quantitative estimate of drug-likeness (QED) is 0.728. The molecule has 0 N–H and O–H groups in total. The van der Waals surface area contributed by atoms with Crippen molar-refractivity contribution in [1.29, 1.82) is 0 Å². The monoisotopic (exact) mass is 258 g/mol. The molecule has 1 aliphatic rings. The molecule has 94 valence electrons. The fourth-order valence-electron chi connectivity index (χ4n) is 2.09. The Balaban J connectivity index is 2.43. The number of aromatic nitrogens is 2. The second-order valence-corrected chi connectivity index (χ2v) is 3.95. The zero-order valence-electron chi connectivity index (χ0n) is 9.81. The van der Waals surface area contributed by atoms with Crippen LogP contribution in [0.25, 0.3) is 11.1 Å². The normalized spacial score (nSPS) is 12.9. The molecule has 0 aliphatic heterocycles. The Morgan fingerprint density at radius 2 is 1.89 bits per heavy atom. The van der Waals surface area contributed by atoms with Crippen LogP contribution in [0, 0.1) is 5.82 Å². The standard InChI is InChI=1S/C13H7FN2O3/c1-19-13-9-8-4-6(14)2-3-7(8)11(17)12(18)10(9)15-5-16-13/h2-5H,1H3. The number of rotatable bonds is 1. The number of halogens is 1. The van der Waals surface area contributed by atoms with Crippen molar-refractivity contribution in [3.05, 3.63) is 41.6 Å². The van der Waals surface area contributed by atoms with Gasteiger partial charge < -0.3 is 4.74 Å². The Hall–Kier alpha value is -2.63. The number of ketones is 2. The highest BCUT2D eigenvalue weighted by atomic mass is 19.1. The van der Waals surface area contributed by atoms with E-state index in [1.165, 1.54) is 19.2 Å². The minimum atomic E-state index is -0.741. The van der Waals surface area contributed by atoms with Crippen molar-refractivity contribution in [3.8, 4) is 17.0 Å². The number of carbonyl (C=O) groups excluding carboxylic acids is 2. The van der Waals surface area contributed by atoms with Crippen molar-refractivity contribution in [3.63, 3.8) is 0 Å². The van der Waals surface area contributed by atoms with Crippen LogP contribution in [0.2, 0.25) is 0 Å². The van der Waals surface area contributed by atoms with Crippen molar-refractivity contribution < 1.29 is 18.7 Å². The number of nitrogens with zero attached hydrogens (tertiary/aromatic N) is 2. The summed E-state index contributed by atoms with van der Waals surface area (Å²) in [6.07, 6.45) is 1.13. The van der Waals surface area contributed by atoms with Crippen LogP contribution in [0.15, 0.2) is 24.5 Å². The van der Waals surface area contributed by atoms with Crippen LogP contribution in [0.3, 0.4) is 0 Å². The Kier molecular flexibility index (Phi) is 2.38. The minimum absolute atomic E-state index is 0.0602. The van der Waals surface area contributed by atoms with E-state index in [1.54, 1.807) is 0 Å². The molecule has 0 spiro atoms. The SMILES string of the molecule is COc1ncnc2c1-c1cc(F)ccc1C(=O)C2=O. The molecule has 0 bridgehead atoms. The summed E-state index contributed by atoms with van der Waals surface area (Å²) in [5.41, 5.74) is 0.600. The summed E-state index contributed by atoms with van der Waals surface area (Å²) in [5.74, 6) is -1.83. The lowest BCUT2D eigenvalue weighted by molar-refractivity contribution is 0.0812. The van der Waals surface area contributed by atoms with Gasteiger partial charge in [-0.2, -0.15) is 0 Å². The van der Waals surface area contributed by atoms with Crippen LogP contribution >= 0.6 is 0 Å². The van der Waals surface area contributed by atoms with Gasteiger partial charge in [-0.15, -0.1) is 0 Å². The van der Waals surface area contributed by atoms with Crippen molar-refractivity contribution in [1.82, 2.24) is 9.97 Å². The number of carbonyl (C=O) groups is 2. The second-order valence-electron chi connectivity index (χ2n) is 3.95. The fourth-order valence-corrected chi connectivity index (χ4v) is 2.09. The van der Waals surface area contributed by atoms with Gasteiger partial charge in [0.15, 0.2) is 0 Å².